The van der Waals surface area contributed by atoms with Gasteiger partial charge < -0.3 is 26.2 Å². The highest BCUT2D eigenvalue weighted by atomic mass is 32.2. The zero-order chi connectivity index (χ0) is 20.4. The molecule has 1 fully saturated rings. The minimum atomic E-state index is -1.08. The number of nitrogens with zero attached hydrogens (tertiary/aromatic N) is 1. The van der Waals surface area contributed by atoms with E-state index in [2.05, 4.69) is 5.32 Å². The number of nitrogens with two attached hydrogens (primary N) is 1. The van der Waals surface area contributed by atoms with Crippen molar-refractivity contribution in [2.45, 2.75) is 39.1 Å². The van der Waals surface area contributed by atoms with E-state index in [1.54, 1.807) is 6.92 Å². The van der Waals surface area contributed by atoms with Gasteiger partial charge in [0.25, 0.3) is 0 Å². The monoisotopic (exact) mass is 405 g/mol. The van der Waals surface area contributed by atoms with E-state index in [0.29, 0.717) is 18.8 Å². The summed E-state index contributed by atoms with van der Waals surface area (Å²) in [4.78, 5) is 26.1. The first kappa shape index (κ1) is 20.9. The summed E-state index contributed by atoms with van der Waals surface area (Å²) in [5, 5.41) is 22.8. The molecule has 152 valence electrons. The van der Waals surface area contributed by atoms with Crippen LogP contribution < -0.4 is 11.1 Å². The molecule has 1 saturated heterocycles. The molecule has 28 heavy (non-hydrogen) atoms. The van der Waals surface area contributed by atoms with Crippen LogP contribution in [0.5, 0.6) is 0 Å². The van der Waals surface area contributed by atoms with Crippen molar-refractivity contribution < 1.29 is 19.8 Å². The summed E-state index contributed by atoms with van der Waals surface area (Å²) in [6, 6.07) is 7.85. The molecular weight excluding hydrogens is 378 g/mol. The number of rotatable bonds is 9. The molecule has 1 amide bonds. The van der Waals surface area contributed by atoms with E-state index in [1.165, 1.54) is 16.7 Å². The average Bonchev–Trinajstić information content (AvgIpc) is 2.90. The van der Waals surface area contributed by atoms with Crippen molar-refractivity contribution in [1.82, 2.24) is 10.2 Å². The SMILES string of the molecule is C[C@@H](O)[C@H]1C(=O)N2C(C(=O)O)=C(SCCNCc3ccc(CN)cc3)[C@H](C)[C@H]12. The van der Waals surface area contributed by atoms with Crippen LogP contribution in [0.4, 0.5) is 0 Å². The van der Waals surface area contributed by atoms with Crippen molar-refractivity contribution in [2.24, 2.45) is 17.6 Å². The predicted octanol–water partition coefficient (Wildman–Crippen LogP) is 1.12. The van der Waals surface area contributed by atoms with Gasteiger partial charge in [-0.3, -0.25) is 4.79 Å². The van der Waals surface area contributed by atoms with Gasteiger partial charge in [0, 0.05) is 36.2 Å². The normalized spacial score (nSPS) is 24.9. The highest BCUT2D eigenvalue weighted by Crippen LogP contribution is 2.50. The maximum absolute atomic E-state index is 12.3. The van der Waals surface area contributed by atoms with Crippen LogP contribution in [0.15, 0.2) is 34.9 Å². The van der Waals surface area contributed by atoms with Crippen LogP contribution >= 0.6 is 11.8 Å². The fourth-order valence-corrected chi connectivity index (χ4v) is 5.17. The third-order valence-electron chi connectivity index (χ3n) is 5.44. The molecule has 0 aliphatic carbocycles. The standard InChI is InChI=1S/C20H27N3O4S/c1-11-16-15(12(2)24)19(25)23(16)17(20(26)27)18(11)28-8-7-22-10-14-5-3-13(9-21)4-6-14/h3-6,11-12,15-16,22,24H,7-10,21H2,1-2H3,(H,26,27)/t11-,12-,15-,16-/m1/s1. The summed E-state index contributed by atoms with van der Waals surface area (Å²) in [7, 11) is 0. The molecule has 1 aromatic rings. The number of nitrogens with one attached hydrogen (secondary N) is 1. The van der Waals surface area contributed by atoms with E-state index in [4.69, 9.17) is 5.73 Å². The third kappa shape index (κ3) is 3.82. The van der Waals surface area contributed by atoms with Crippen LogP contribution in [0.25, 0.3) is 0 Å². The van der Waals surface area contributed by atoms with Crippen LogP contribution in [0.2, 0.25) is 0 Å². The van der Waals surface area contributed by atoms with E-state index in [1.807, 2.05) is 31.2 Å². The number of aliphatic hydroxyl groups is 1. The van der Waals surface area contributed by atoms with E-state index >= 15 is 0 Å². The highest BCUT2D eigenvalue weighted by Gasteiger charge is 2.59. The Labute approximate surface area is 169 Å². The Hall–Kier alpha value is -1.87. The van der Waals surface area contributed by atoms with Crippen LogP contribution in [-0.4, -0.2) is 51.4 Å². The van der Waals surface area contributed by atoms with Crippen molar-refractivity contribution in [3.63, 3.8) is 0 Å². The van der Waals surface area contributed by atoms with Crippen molar-refractivity contribution >= 4 is 23.6 Å². The lowest BCUT2D eigenvalue weighted by Crippen LogP contribution is -2.63. The molecule has 0 spiro atoms. The Balaban J connectivity index is 1.55. The van der Waals surface area contributed by atoms with Crippen LogP contribution in [0.3, 0.4) is 0 Å². The van der Waals surface area contributed by atoms with Gasteiger partial charge in [0.1, 0.15) is 5.70 Å². The first-order valence-electron chi connectivity index (χ1n) is 9.46. The van der Waals surface area contributed by atoms with E-state index in [-0.39, 0.29) is 23.6 Å². The lowest BCUT2D eigenvalue weighted by molar-refractivity contribution is -0.163. The molecule has 4 atom stereocenters. The van der Waals surface area contributed by atoms with Gasteiger partial charge in [-0.05, 0) is 18.1 Å². The summed E-state index contributed by atoms with van der Waals surface area (Å²) in [5.74, 6) is -1.28. The van der Waals surface area contributed by atoms with E-state index in [0.717, 1.165) is 22.6 Å². The van der Waals surface area contributed by atoms with Crippen molar-refractivity contribution in [2.75, 3.05) is 12.3 Å². The zero-order valence-electron chi connectivity index (χ0n) is 16.1. The lowest BCUT2D eigenvalue weighted by atomic mass is 9.79. The molecule has 0 unspecified atom stereocenters. The van der Waals surface area contributed by atoms with Gasteiger partial charge in [0.05, 0.1) is 18.1 Å². The number of aliphatic carboxylic acids is 1. The van der Waals surface area contributed by atoms with Gasteiger partial charge in [0.15, 0.2) is 0 Å². The fraction of sp³-hybridized carbons (Fsp3) is 0.500. The predicted molar refractivity (Wildman–Crippen MR) is 108 cm³/mol. The maximum atomic E-state index is 12.3. The Morgan fingerprint density at radius 3 is 2.54 bits per heavy atom. The Bertz CT molecular complexity index is 778. The molecule has 1 aromatic carbocycles. The van der Waals surface area contributed by atoms with Gasteiger partial charge in [-0.25, -0.2) is 4.79 Å². The van der Waals surface area contributed by atoms with E-state index < -0.39 is 18.0 Å². The second-order valence-corrected chi connectivity index (χ2v) is 8.45. The summed E-state index contributed by atoms with van der Waals surface area (Å²) < 4.78 is 0. The zero-order valence-corrected chi connectivity index (χ0v) is 16.9. The lowest BCUT2D eigenvalue weighted by Gasteiger charge is -2.46. The van der Waals surface area contributed by atoms with Crippen LogP contribution in [0, 0.1) is 11.8 Å². The number of thioether (sulfide) groups is 1. The van der Waals surface area contributed by atoms with Gasteiger partial charge >= 0.3 is 5.97 Å². The van der Waals surface area contributed by atoms with Crippen molar-refractivity contribution in [3.05, 3.63) is 46.0 Å². The molecule has 8 heteroatoms. The topological polar surface area (TPSA) is 116 Å². The number of aliphatic hydroxyl groups excluding tert-OH is 1. The number of amides is 1. The highest BCUT2D eigenvalue weighted by molar-refractivity contribution is 8.03. The van der Waals surface area contributed by atoms with Crippen molar-refractivity contribution in [3.8, 4) is 0 Å². The Morgan fingerprint density at radius 1 is 1.32 bits per heavy atom. The number of hydrogen-bond donors (Lipinski definition) is 4. The number of benzene rings is 1. The second kappa shape index (κ2) is 8.65. The van der Waals surface area contributed by atoms with Gasteiger partial charge in [-0.2, -0.15) is 0 Å². The average molecular weight is 406 g/mol. The number of fused-ring (bicyclic) bond motifs is 1. The van der Waals surface area contributed by atoms with Gasteiger partial charge in [-0.1, -0.05) is 31.2 Å². The number of hydrogen-bond acceptors (Lipinski definition) is 6. The molecule has 0 bridgehead atoms. The van der Waals surface area contributed by atoms with Crippen molar-refractivity contribution in [1.29, 1.82) is 0 Å². The molecular formula is C20H27N3O4S. The number of carbonyl (C=O) groups excluding carboxylic acids is 1. The number of carboxylic acids is 1. The van der Waals surface area contributed by atoms with Gasteiger partial charge in [-0.15, -0.1) is 11.8 Å². The fourth-order valence-electron chi connectivity index (χ4n) is 3.97. The summed E-state index contributed by atoms with van der Waals surface area (Å²) in [6.07, 6.45) is -0.775. The van der Waals surface area contributed by atoms with E-state index in [9.17, 15) is 19.8 Å². The number of β-lactam (4-membered cyclic amide) rings is 1. The molecule has 0 radical (unpaired) electrons. The first-order valence-corrected chi connectivity index (χ1v) is 10.4. The molecule has 2 aliphatic rings. The third-order valence-corrected chi connectivity index (χ3v) is 6.72. The van der Waals surface area contributed by atoms with Gasteiger partial charge in [0.2, 0.25) is 5.91 Å². The molecule has 2 aliphatic heterocycles. The summed E-state index contributed by atoms with van der Waals surface area (Å²) in [5.41, 5.74) is 7.94. The molecule has 3 rings (SSSR count). The first-order chi connectivity index (χ1) is 13.4. The number of carboxylic acid groups (broad SMARTS) is 1. The number of carbonyl (C=O) groups is 2. The smallest absolute Gasteiger partial charge is 0.353 e. The van der Waals surface area contributed by atoms with Crippen LogP contribution in [0.1, 0.15) is 25.0 Å². The quantitative estimate of drug-likeness (QED) is 0.359. The molecule has 2 heterocycles. The minimum Gasteiger partial charge on any atom is -0.477 e. The Kier molecular flexibility index (Phi) is 6.44. The summed E-state index contributed by atoms with van der Waals surface area (Å²) in [6.45, 7) is 5.49. The Morgan fingerprint density at radius 2 is 1.96 bits per heavy atom. The summed E-state index contributed by atoms with van der Waals surface area (Å²) >= 11 is 1.48. The molecule has 0 saturated carbocycles. The minimum absolute atomic E-state index is 0.0850. The molecule has 7 nitrogen and oxygen atoms in total. The second-order valence-electron chi connectivity index (χ2n) is 7.32. The molecule has 0 aromatic heterocycles. The molecule has 5 N–H and O–H groups in total. The largest absolute Gasteiger partial charge is 0.477 e. The maximum Gasteiger partial charge on any atom is 0.353 e. The van der Waals surface area contributed by atoms with Crippen LogP contribution in [-0.2, 0) is 22.7 Å².